The van der Waals surface area contributed by atoms with Gasteiger partial charge in [-0.3, -0.25) is 14.8 Å². The van der Waals surface area contributed by atoms with E-state index in [1.807, 2.05) is 6.92 Å². The maximum Gasteiger partial charge on any atom is 0.323 e. The van der Waals surface area contributed by atoms with Crippen molar-refractivity contribution in [2.75, 3.05) is 0 Å². The van der Waals surface area contributed by atoms with Gasteiger partial charge in [0.25, 0.3) is 5.06 Å². The molecule has 2 heterocycles. The van der Waals surface area contributed by atoms with Gasteiger partial charge >= 0.3 is 5.69 Å². The summed E-state index contributed by atoms with van der Waals surface area (Å²) in [6.45, 7) is 5.15. The molecule has 0 saturated heterocycles. The summed E-state index contributed by atoms with van der Waals surface area (Å²) < 4.78 is 7.32. The van der Waals surface area contributed by atoms with Crippen molar-refractivity contribution in [1.29, 1.82) is 0 Å². The normalized spacial score (nSPS) is 12.4. The lowest BCUT2D eigenvalue weighted by atomic mass is 10.3. The first-order valence-corrected chi connectivity index (χ1v) is 6.77. The van der Waals surface area contributed by atoms with E-state index in [0.29, 0.717) is 16.3 Å². The van der Waals surface area contributed by atoms with Crippen LogP contribution in [0.2, 0.25) is 0 Å². The number of nitrogens with zero attached hydrogens (tertiary/aromatic N) is 3. The van der Waals surface area contributed by atoms with Gasteiger partial charge in [-0.2, -0.15) is 5.10 Å². The van der Waals surface area contributed by atoms with Crippen LogP contribution in [-0.2, 0) is 7.05 Å². The van der Waals surface area contributed by atoms with Crippen LogP contribution in [0.25, 0.3) is 0 Å². The molecule has 0 spiro atoms. The topological polar surface area (TPSA) is 90.4 Å². The van der Waals surface area contributed by atoms with Crippen LogP contribution in [0.3, 0.4) is 0 Å². The van der Waals surface area contributed by atoms with Crippen molar-refractivity contribution < 1.29 is 14.8 Å². The third-order valence-corrected chi connectivity index (χ3v) is 4.12. The molecule has 1 atom stereocenters. The summed E-state index contributed by atoms with van der Waals surface area (Å²) in [6.07, 6.45) is -0.771. The van der Waals surface area contributed by atoms with E-state index in [0.717, 1.165) is 17.0 Å². The average molecular weight is 297 g/mol. The molecular formula is C12H15N3O4S. The molecule has 1 N–H and O–H groups in total. The molecule has 0 saturated carbocycles. The summed E-state index contributed by atoms with van der Waals surface area (Å²) in [6, 6.07) is 1.34. The van der Waals surface area contributed by atoms with Crippen LogP contribution in [0.4, 0.5) is 5.69 Å². The van der Waals surface area contributed by atoms with Gasteiger partial charge in [0.15, 0.2) is 5.75 Å². The third kappa shape index (κ3) is 2.52. The van der Waals surface area contributed by atoms with Crippen LogP contribution >= 0.6 is 11.3 Å². The minimum Gasteiger partial charge on any atom is -0.436 e. The molecule has 0 aromatic carbocycles. The zero-order valence-electron chi connectivity index (χ0n) is 11.6. The second-order valence-electron chi connectivity index (χ2n) is 4.48. The summed E-state index contributed by atoms with van der Waals surface area (Å²) in [7, 11) is 1.78. The van der Waals surface area contributed by atoms with E-state index in [4.69, 9.17) is 4.74 Å². The van der Waals surface area contributed by atoms with Crippen LogP contribution < -0.4 is 4.74 Å². The first kappa shape index (κ1) is 14.5. The van der Waals surface area contributed by atoms with E-state index in [2.05, 4.69) is 5.10 Å². The number of aliphatic hydroxyl groups excluding tert-OH is 1. The molecule has 20 heavy (non-hydrogen) atoms. The Labute approximate surface area is 119 Å². The Kier molecular flexibility index (Phi) is 3.78. The van der Waals surface area contributed by atoms with Gasteiger partial charge < -0.3 is 9.84 Å². The number of aryl methyl sites for hydroxylation is 2. The van der Waals surface area contributed by atoms with E-state index in [-0.39, 0.29) is 10.8 Å². The average Bonchev–Trinajstić information content (AvgIpc) is 2.87. The van der Waals surface area contributed by atoms with Crippen molar-refractivity contribution in [1.82, 2.24) is 9.78 Å². The van der Waals surface area contributed by atoms with E-state index in [1.165, 1.54) is 6.07 Å². The quantitative estimate of drug-likeness (QED) is 0.692. The van der Waals surface area contributed by atoms with Gasteiger partial charge in [0.1, 0.15) is 5.69 Å². The molecule has 0 amide bonds. The summed E-state index contributed by atoms with van der Waals surface area (Å²) >= 11 is 1.07. The van der Waals surface area contributed by atoms with Crippen LogP contribution in [0.15, 0.2) is 6.07 Å². The SMILES string of the molecule is Cc1nn(C)c(C)c1Oc1sc([C@H](C)O)cc1[N+](=O)[O-]. The Morgan fingerprint density at radius 2 is 2.20 bits per heavy atom. The van der Waals surface area contributed by atoms with Crippen LogP contribution in [0.5, 0.6) is 10.8 Å². The van der Waals surface area contributed by atoms with Gasteiger partial charge in [0.2, 0.25) is 0 Å². The number of hydrogen-bond donors (Lipinski definition) is 1. The molecule has 0 fully saturated rings. The van der Waals surface area contributed by atoms with Gasteiger partial charge in [-0.05, 0) is 20.8 Å². The predicted octanol–water partition coefficient (Wildman–Crippen LogP) is 2.85. The standard InChI is InChI=1S/C12H15N3O4S/c1-6-11(7(2)14(4)13-6)19-12-9(15(17)18)5-10(20-12)8(3)16/h5,8,16H,1-4H3/t8-/m0/s1. The Bertz CT molecular complexity index is 660. The molecule has 0 aliphatic heterocycles. The largest absolute Gasteiger partial charge is 0.436 e. The number of ether oxygens (including phenoxy) is 1. The highest BCUT2D eigenvalue weighted by molar-refractivity contribution is 7.14. The molecule has 108 valence electrons. The lowest BCUT2D eigenvalue weighted by Gasteiger charge is -2.03. The Morgan fingerprint density at radius 1 is 1.55 bits per heavy atom. The molecule has 0 aliphatic carbocycles. The van der Waals surface area contributed by atoms with Gasteiger partial charge in [-0.1, -0.05) is 11.3 Å². The maximum absolute atomic E-state index is 11.1. The highest BCUT2D eigenvalue weighted by Crippen LogP contribution is 2.43. The third-order valence-electron chi connectivity index (χ3n) is 2.94. The van der Waals surface area contributed by atoms with Crippen molar-refractivity contribution in [3.63, 3.8) is 0 Å². The number of nitro groups is 1. The van der Waals surface area contributed by atoms with Gasteiger partial charge in [0, 0.05) is 18.0 Å². The van der Waals surface area contributed by atoms with Crippen molar-refractivity contribution >= 4 is 17.0 Å². The summed E-state index contributed by atoms with van der Waals surface area (Å²) in [5, 5.41) is 24.9. The minimum atomic E-state index is -0.771. The number of rotatable bonds is 4. The second-order valence-corrected chi connectivity index (χ2v) is 5.53. The zero-order valence-corrected chi connectivity index (χ0v) is 12.4. The van der Waals surface area contributed by atoms with Crippen molar-refractivity contribution in [3.8, 4) is 10.8 Å². The van der Waals surface area contributed by atoms with Crippen molar-refractivity contribution in [3.05, 3.63) is 32.4 Å². The fourth-order valence-electron chi connectivity index (χ4n) is 1.78. The van der Waals surface area contributed by atoms with Gasteiger partial charge in [0.05, 0.1) is 16.7 Å². The minimum absolute atomic E-state index is 0.145. The first-order valence-electron chi connectivity index (χ1n) is 5.95. The fourth-order valence-corrected chi connectivity index (χ4v) is 2.70. The lowest BCUT2D eigenvalue weighted by Crippen LogP contribution is -1.93. The Balaban J connectivity index is 2.44. The maximum atomic E-state index is 11.1. The Morgan fingerprint density at radius 3 is 2.65 bits per heavy atom. The molecule has 2 rings (SSSR count). The predicted molar refractivity (Wildman–Crippen MR) is 74.4 cm³/mol. The molecule has 0 aliphatic rings. The van der Waals surface area contributed by atoms with E-state index in [9.17, 15) is 15.2 Å². The summed E-state index contributed by atoms with van der Waals surface area (Å²) in [5.74, 6) is 0.509. The molecular weight excluding hydrogens is 282 g/mol. The van der Waals surface area contributed by atoms with E-state index in [1.54, 1.807) is 25.6 Å². The number of aliphatic hydroxyl groups is 1. The molecule has 0 unspecified atom stereocenters. The van der Waals surface area contributed by atoms with Crippen LogP contribution in [0, 0.1) is 24.0 Å². The van der Waals surface area contributed by atoms with Crippen molar-refractivity contribution in [2.24, 2.45) is 7.05 Å². The second kappa shape index (κ2) is 5.22. The smallest absolute Gasteiger partial charge is 0.323 e. The zero-order chi connectivity index (χ0) is 15.0. The summed E-state index contributed by atoms with van der Waals surface area (Å²) in [4.78, 5) is 11.0. The van der Waals surface area contributed by atoms with Crippen LogP contribution in [-0.4, -0.2) is 19.8 Å². The van der Waals surface area contributed by atoms with Gasteiger partial charge in [-0.25, -0.2) is 0 Å². The Hall–Kier alpha value is -1.93. The highest BCUT2D eigenvalue weighted by Gasteiger charge is 2.25. The first-order chi connectivity index (χ1) is 9.31. The highest BCUT2D eigenvalue weighted by atomic mass is 32.1. The van der Waals surface area contributed by atoms with Crippen LogP contribution in [0.1, 0.15) is 29.3 Å². The lowest BCUT2D eigenvalue weighted by molar-refractivity contribution is -0.385. The number of aromatic nitrogens is 2. The van der Waals surface area contributed by atoms with Crippen molar-refractivity contribution in [2.45, 2.75) is 26.9 Å². The summed E-state index contributed by atoms with van der Waals surface area (Å²) in [5.41, 5.74) is 1.30. The molecule has 0 radical (unpaired) electrons. The number of thiophene rings is 1. The molecule has 7 nitrogen and oxygen atoms in total. The monoisotopic (exact) mass is 297 g/mol. The molecule has 2 aromatic heterocycles. The fraction of sp³-hybridized carbons (Fsp3) is 0.417. The van der Waals surface area contributed by atoms with E-state index >= 15 is 0 Å². The molecule has 2 aromatic rings. The van der Waals surface area contributed by atoms with Gasteiger partial charge in [-0.15, -0.1) is 0 Å². The molecule has 8 heteroatoms. The van der Waals surface area contributed by atoms with E-state index < -0.39 is 11.0 Å². The molecule has 0 bridgehead atoms. The number of hydrogen-bond acceptors (Lipinski definition) is 6.